The third kappa shape index (κ3) is 8.65. The van der Waals surface area contributed by atoms with E-state index >= 15 is 0 Å². The molecule has 3 aromatic rings. The lowest BCUT2D eigenvalue weighted by Crippen LogP contribution is -2.52. The molecule has 2 fully saturated rings. The first kappa shape index (κ1) is 37.5. The molecule has 0 saturated carbocycles. The summed E-state index contributed by atoms with van der Waals surface area (Å²) in [5.74, 6) is -6.53. The molecule has 2 aliphatic heterocycles. The molecule has 3 heterocycles. The van der Waals surface area contributed by atoms with Crippen LogP contribution in [0.5, 0.6) is 5.75 Å². The molecule has 19 heteroatoms. The number of hydrogen-bond acceptors (Lipinski definition) is 8. The number of nitrogens with zero attached hydrogens (tertiary/aromatic N) is 5. The number of halogens is 6. The molecule has 2 saturated heterocycles. The van der Waals surface area contributed by atoms with Crippen molar-refractivity contribution in [3.05, 3.63) is 64.6 Å². The number of carboxylic acids is 1. The van der Waals surface area contributed by atoms with Gasteiger partial charge in [-0.15, -0.1) is 0 Å². The van der Waals surface area contributed by atoms with Gasteiger partial charge >= 0.3 is 12.1 Å². The van der Waals surface area contributed by atoms with Crippen molar-refractivity contribution in [2.45, 2.75) is 12.6 Å². The summed E-state index contributed by atoms with van der Waals surface area (Å²) in [5.41, 5.74) is 0.544. The zero-order valence-corrected chi connectivity index (χ0v) is 26.9. The molecule has 0 aliphatic carbocycles. The van der Waals surface area contributed by atoms with E-state index in [1.807, 2.05) is 0 Å². The molecule has 266 valence electrons. The second kappa shape index (κ2) is 16.0. The van der Waals surface area contributed by atoms with Crippen LogP contribution in [-0.2, 0) is 16.6 Å². The van der Waals surface area contributed by atoms with E-state index in [0.29, 0.717) is 38.4 Å². The number of benzene rings is 2. The fourth-order valence-electron chi connectivity index (χ4n) is 5.20. The van der Waals surface area contributed by atoms with Crippen LogP contribution in [0.15, 0.2) is 36.5 Å². The van der Waals surface area contributed by atoms with Gasteiger partial charge in [-0.2, -0.15) is 22.8 Å². The highest BCUT2D eigenvalue weighted by atomic mass is 35.5. The maximum atomic E-state index is 14.8. The second-order valence-electron chi connectivity index (χ2n) is 11.0. The van der Waals surface area contributed by atoms with E-state index in [4.69, 9.17) is 31.5 Å². The zero-order chi connectivity index (χ0) is 36.7. The largest absolute Gasteiger partial charge is 0.490 e. The number of alkyl halides is 3. The summed E-state index contributed by atoms with van der Waals surface area (Å²) >= 11 is 6.43. The van der Waals surface area contributed by atoms with Crippen LogP contribution in [0, 0.1) is 28.9 Å². The second-order valence-corrected chi connectivity index (χ2v) is 11.4. The molecule has 0 radical (unpaired) electrons. The topological polar surface area (TPSA) is 170 Å². The number of aliphatic carboxylic acids is 1. The average molecular weight is 726 g/mol. The van der Waals surface area contributed by atoms with Crippen molar-refractivity contribution in [1.82, 2.24) is 24.7 Å². The number of rotatable bonds is 7. The summed E-state index contributed by atoms with van der Waals surface area (Å²) in [5, 5.41) is 21.7. The molecule has 50 heavy (non-hydrogen) atoms. The minimum atomic E-state index is -5.08. The third-order valence-electron chi connectivity index (χ3n) is 7.79. The number of nitrogens with one attached hydrogen (secondary N) is 2. The first-order valence-electron chi connectivity index (χ1n) is 14.8. The van der Waals surface area contributed by atoms with Crippen LogP contribution in [-0.4, -0.2) is 100 Å². The van der Waals surface area contributed by atoms with E-state index in [0.717, 1.165) is 13.0 Å². The van der Waals surface area contributed by atoms with Crippen molar-refractivity contribution in [2.75, 3.05) is 51.2 Å². The van der Waals surface area contributed by atoms with Crippen LogP contribution in [0.3, 0.4) is 0 Å². The van der Waals surface area contributed by atoms with Gasteiger partial charge in [0.1, 0.15) is 6.07 Å². The van der Waals surface area contributed by atoms with E-state index in [1.165, 1.54) is 48.1 Å². The quantitative estimate of drug-likeness (QED) is 0.308. The van der Waals surface area contributed by atoms with Crippen molar-refractivity contribution in [3.8, 4) is 23.1 Å². The highest BCUT2D eigenvalue weighted by Gasteiger charge is 2.38. The Morgan fingerprint density at radius 1 is 1.10 bits per heavy atom. The van der Waals surface area contributed by atoms with Crippen molar-refractivity contribution in [2.24, 2.45) is 13.0 Å². The normalized spacial score (nSPS) is 15.8. The molecule has 1 atom stereocenters. The summed E-state index contributed by atoms with van der Waals surface area (Å²) in [6, 6.07) is 8.63. The van der Waals surface area contributed by atoms with Crippen LogP contribution in [0.25, 0.3) is 11.3 Å². The average Bonchev–Trinajstić information content (AvgIpc) is 3.75. The molecule has 13 nitrogen and oxygen atoms in total. The molecule has 3 amide bonds. The van der Waals surface area contributed by atoms with Gasteiger partial charge in [0.05, 0.1) is 28.4 Å². The molecular formula is C31H29ClF5N7O6. The molecule has 5 rings (SSSR count). The molecule has 2 aromatic carbocycles. The number of amides is 3. The van der Waals surface area contributed by atoms with Gasteiger partial charge in [0.15, 0.2) is 24.0 Å². The number of imidazole rings is 1. The maximum absolute atomic E-state index is 14.8. The third-order valence-corrected chi connectivity index (χ3v) is 8.11. The number of hydrogen-bond donors (Lipinski definition) is 3. The highest BCUT2D eigenvalue weighted by Crippen LogP contribution is 2.30. The van der Waals surface area contributed by atoms with Crippen LogP contribution >= 0.6 is 11.6 Å². The Bertz CT molecular complexity index is 1820. The Kier molecular flexibility index (Phi) is 12.0. The Morgan fingerprint density at radius 2 is 1.76 bits per heavy atom. The first-order valence-corrected chi connectivity index (χ1v) is 15.2. The number of carboxylic acid groups (broad SMARTS) is 1. The summed E-state index contributed by atoms with van der Waals surface area (Å²) in [7, 11) is 1.47. The van der Waals surface area contributed by atoms with Crippen molar-refractivity contribution < 1.29 is 51.0 Å². The van der Waals surface area contributed by atoms with Crippen LogP contribution < -0.4 is 15.4 Å². The molecule has 2 aliphatic rings. The SMILES string of the molecule is Cn1c(-c2ccc(OCC#N)c(F)c2F)cnc1C(=O)Nc1ccc(C(=O)N2CCN(C(=O)[C@@H]3CCNC3)CC2)c(Cl)c1.O=C(O)C(F)(F)F. The lowest BCUT2D eigenvalue weighted by Gasteiger charge is -2.36. The van der Waals surface area contributed by atoms with Crippen molar-refractivity contribution in [1.29, 1.82) is 5.26 Å². The summed E-state index contributed by atoms with van der Waals surface area (Å²) in [4.78, 5) is 55.2. The van der Waals surface area contributed by atoms with Crippen LogP contribution in [0.2, 0.25) is 5.02 Å². The standard InChI is InChI=1S/C29H28ClF2N7O4.C2HF3O2/c1-37-22(20-4-5-23(43-13-7-33)25(32)24(20)31)16-35-26(37)27(40)36-18-2-3-19(21(30)14-18)29(42)39-11-9-38(10-12-39)28(41)17-6-8-34-15-17;3-2(4,5)1(6)7/h2-5,14,16-17,34H,6,8-13,15H2,1H3,(H,36,40);(H,6,7)/t17-;/m1./s1. The lowest BCUT2D eigenvalue weighted by molar-refractivity contribution is -0.192. The lowest BCUT2D eigenvalue weighted by atomic mass is 10.1. The van der Waals surface area contributed by atoms with Gasteiger partial charge in [-0.05, 0) is 43.3 Å². The Balaban J connectivity index is 0.000000727. The fourth-order valence-corrected chi connectivity index (χ4v) is 5.46. The first-order chi connectivity index (χ1) is 23.6. The zero-order valence-electron chi connectivity index (χ0n) is 26.2. The van der Waals surface area contributed by atoms with Gasteiger partial charge < -0.3 is 34.8 Å². The van der Waals surface area contributed by atoms with E-state index < -0.39 is 42.0 Å². The number of carbonyl (C=O) groups is 4. The Labute approximate surface area is 286 Å². The van der Waals surface area contributed by atoms with Crippen molar-refractivity contribution >= 4 is 41.0 Å². The number of aromatic nitrogens is 2. The molecule has 0 unspecified atom stereocenters. The number of piperazine rings is 1. The van der Waals surface area contributed by atoms with Crippen molar-refractivity contribution in [3.63, 3.8) is 0 Å². The Hall–Kier alpha value is -5.28. The van der Waals surface area contributed by atoms with Crippen LogP contribution in [0.4, 0.5) is 27.6 Å². The van der Waals surface area contributed by atoms with Gasteiger partial charge in [-0.25, -0.2) is 14.2 Å². The molecule has 0 spiro atoms. The fraction of sp³-hybridized carbons (Fsp3) is 0.355. The summed E-state index contributed by atoms with van der Waals surface area (Å²) < 4.78 is 67.1. The van der Waals surface area contributed by atoms with Gasteiger partial charge in [-0.3, -0.25) is 14.4 Å². The number of ether oxygens (including phenoxy) is 1. The van der Waals surface area contributed by atoms with Gasteiger partial charge in [0.2, 0.25) is 11.7 Å². The summed E-state index contributed by atoms with van der Waals surface area (Å²) in [6.45, 7) is 2.77. The van der Waals surface area contributed by atoms with E-state index in [9.17, 15) is 36.3 Å². The minimum Gasteiger partial charge on any atom is -0.476 e. The van der Waals surface area contributed by atoms with E-state index in [-0.39, 0.29) is 45.4 Å². The van der Waals surface area contributed by atoms with E-state index in [1.54, 1.807) is 15.9 Å². The van der Waals surface area contributed by atoms with E-state index in [2.05, 4.69) is 15.6 Å². The van der Waals surface area contributed by atoms with Gasteiger partial charge in [-0.1, -0.05) is 11.6 Å². The molecule has 0 bridgehead atoms. The molecular weight excluding hydrogens is 697 g/mol. The maximum Gasteiger partial charge on any atom is 0.490 e. The summed E-state index contributed by atoms with van der Waals surface area (Å²) in [6.07, 6.45) is -3.03. The Morgan fingerprint density at radius 3 is 2.34 bits per heavy atom. The van der Waals surface area contributed by atoms with Crippen LogP contribution in [0.1, 0.15) is 27.4 Å². The molecule has 3 N–H and O–H groups in total. The number of nitriles is 1. The molecule has 1 aromatic heterocycles. The number of carbonyl (C=O) groups excluding carboxylic acids is 3. The monoisotopic (exact) mass is 725 g/mol. The number of anilines is 1. The minimum absolute atomic E-state index is 0.0107. The smallest absolute Gasteiger partial charge is 0.476 e. The highest BCUT2D eigenvalue weighted by molar-refractivity contribution is 6.34. The predicted molar refractivity (Wildman–Crippen MR) is 166 cm³/mol. The predicted octanol–water partition coefficient (Wildman–Crippen LogP) is 3.70. The van der Waals surface area contributed by atoms with Gasteiger partial charge in [0, 0.05) is 51.0 Å². The van der Waals surface area contributed by atoms with Gasteiger partial charge in [0.25, 0.3) is 11.8 Å².